The average molecular weight is 390 g/mol. The number of hydrogen-bond donors (Lipinski definition) is 1. The van der Waals surface area contributed by atoms with Gasteiger partial charge >= 0.3 is 8.00 Å². The summed E-state index contributed by atoms with van der Waals surface area (Å²) in [5.41, 5.74) is 0. The summed E-state index contributed by atoms with van der Waals surface area (Å²) in [5, 5.41) is 11.9. The molecule has 0 aromatic carbocycles. The zero-order valence-corrected chi connectivity index (χ0v) is 18.6. The van der Waals surface area contributed by atoms with Gasteiger partial charge in [0.25, 0.3) is 0 Å². The van der Waals surface area contributed by atoms with Gasteiger partial charge in [0.2, 0.25) is 0 Å². The Morgan fingerprint density at radius 2 is 1.96 bits per heavy atom. The number of hydrogen-bond acceptors (Lipinski definition) is 6. The molecule has 0 bridgehead atoms. The fourth-order valence-corrected chi connectivity index (χ4v) is 4.68. The van der Waals surface area contributed by atoms with Crippen molar-refractivity contribution >= 4 is 22.6 Å². The van der Waals surface area contributed by atoms with Gasteiger partial charge in [-0.2, -0.15) is 9.79 Å². The number of nitrogens with zero attached hydrogens (tertiary/aromatic N) is 1. The van der Waals surface area contributed by atoms with Crippen LogP contribution in [0.5, 0.6) is 0 Å². The monoisotopic (exact) mass is 389 g/mol. The van der Waals surface area contributed by atoms with Gasteiger partial charge in [0.1, 0.15) is 25.1 Å². The van der Waals surface area contributed by atoms with Crippen molar-refractivity contribution in [3.63, 3.8) is 0 Å². The lowest BCUT2D eigenvalue weighted by molar-refractivity contribution is 0.0229. The molecule has 144 valence electrons. The molecule has 1 N–H and O–H groups in total. The van der Waals surface area contributed by atoms with Crippen LogP contribution in [-0.4, -0.2) is 59.2 Å². The minimum absolute atomic E-state index is 0.0556. The van der Waals surface area contributed by atoms with Gasteiger partial charge in [0.05, 0.1) is 18.6 Å². The maximum absolute atomic E-state index is 8.63. The quantitative estimate of drug-likeness (QED) is 0.370. The van der Waals surface area contributed by atoms with Crippen molar-refractivity contribution in [2.75, 3.05) is 20.2 Å². The van der Waals surface area contributed by atoms with Crippen LogP contribution < -0.4 is 5.32 Å². The lowest BCUT2D eigenvalue weighted by atomic mass is 10.1. The van der Waals surface area contributed by atoms with Crippen LogP contribution in [-0.2, 0) is 18.2 Å². The first-order chi connectivity index (χ1) is 11.5. The molecule has 0 aromatic heterocycles. The van der Waals surface area contributed by atoms with Crippen molar-refractivity contribution in [1.29, 1.82) is 5.26 Å². The van der Waals surface area contributed by atoms with Gasteiger partial charge in [-0.05, 0) is 32.1 Å². The van der Waals surface area contributed by atoms with E-state index in [1.54, 1.807) is 0 Å². The Bertz CT molecular complexity index is 490. The van der Waals surface area contributed by atoms with E-state index >= 15 is 0 Å². The van der Waals surface area contributed by atoms with Crippen LogP contribution in [0.25, 0.3) is 0 Å². The molecule has 8 heteroatoms. The molecule has 0 spiro atoms. The molecule has 6 nitrogen and oxygen atoms in total. The SMILES string of the molecule is C=[P+](OCCC#N)O[C@@H]1C(O[Si](C)(C)C(C)(C)C)[C@H](C)O[C@@H]1CNC. The Morgan fingerprint density at radius 1 is 1.32 bits per heavy atom. The van der Waals surface area contributed by atoms with Crippen molar-refractivity contribution in [2.45, 2.75) is 76.7 Å². The average Bonchev–Trinajstić information content (AvgIpc) is 2.75. The third-order valence-corrected chi connectivity index (χ3v) is 10.3. The fourth-order valence-electron chi connectivity index (χ4n) is 2.44. The molecule has 2 unspecified atom stereocenters. The van der Waals surface area contributed by atoms with E-state index in [0.29, 0.717) is 19.6 Å². The fraction of sp³-hybridized carbons (Fsp3) is 0.882. The van der Waals surface area contributed by atoms with E-state index < -0.39 is 16.3 Å². The summed E-state index contributed by atoms with van der Waals surface area (Å²) in [6, 6.07) is 2.06. The molecular weight excluding hydrogens is 355 g/mol. The molecule has 0 aliphatic carbocycles. The molecule has 0 radical (unpaired) electrons. The molecule has 0 amide bonds. The number of ether oxygens (including phenoxy) is 1. The first-order valence-corrected chi connectivity index (χ1v) is 13.1. The van der Waals surface area contributed by atoms with E-state index in [9.17, 15) is 0 Å². The summed E-state index contributed by atoms with van der Waals surface area (Å²) in [6.45, 7) is 14.2. The van der Waals surface area contributed by atoms with Crippen molar-refractivity contribution < 1.29 is 18.2 Å². The van der Waals surface area contributed by atoms with Gasteiger partial charge in [0, 0.05) is 6.54 Å². The third-order valence-electron chi connectivity index (χ3n) is 4.87. The van der Waals surface area contributed by atoms with E-state index in [-0.39, 0.29) is 29.5 Å². The molecule has 1 heterocycles. The zero-order valence-electron chi connectivity index (χ0n) is 16.7. The van der Waals surface area contributed by atoms with Gasteiger partial charge in [0.15, 0.2) is 14.4 Å². The molecule has 0 saturated carbocycles. The Hall–Kier alpha value is -0.323. The second kappa shape index (κ2) is 9.57. The first kappa shape index (κ1) is 22.7. The smallest absolute Gasteiger partial charge is 0.408 e. The van der Waals surface area contributed by atoms with E-state index in [1.165, 1.54) is 0 Å². The van der Waals surface area contributed by atoms with Crippen LogP contribution in [0.3, 0.4) is 0 Å². The molecule has 1 saturated heterocycles. The Morgan fingerprint density at radius 3 is 2.48 bits per heavy atom. The van der Waals surface area contributed by atoms with Gasteiger partial charge in [-0.3, -0.25) is 0 Å². The van der Waals surface area contributed by atoms with Crippen LogP contribution in [0.15, 0.2) is 0 Å². The normalized spacial score (nSPS) is 28.0. The topological polar surface area (TPSA) is 72.7 Å². The summed E-state index contributed by atoms with van der Waals surface area (Å²) in [6.07, 6.45) is 3.75. The summed E-state index contributed by atoms with van der Waals surface area (Å²) in [5.74, 6) is 0. The predicted molar refractivity (Wildman–Crippen MR) is 105 cm³/mol. The van der Waals surface area contributed by atoms with Crippen molar-refractivity contribution in [1.82, 2.24) is 5.32 Å². The lowest BCUT2D eigenvalue weighted by Gasteiger charge is -2.39. The van der Waals surface area contributed by atoms with Crippen LogP contribution in [0.4, 0.5) is 0 Å². The van der Waals surface area contributed by atoms with Crippen molar-refractivity contribution in [2.24, 2.45) is 0 Å². The zero-order chi connectivity index (χ0) is 19.3. The van der Waals surface area contributed by atoms with E-state index in [2.05, 4.69) is 51.6 Å². The highest BCUT2D eigenvalue weighted by Crippen LogP contribution is 2.42. The predicted octanol–water partition coefficient (Wildman–Crippen LogP) is 3.44. The molecule has 0 aromatic rings. The third kappa shape index (κ3) is 6.41. The van der Waals surface area contributed by atoms with Gasteiger partial charge < -0.3 is 14.5 Å². The minimum Gasteiger partial charge on any atom is -0.408 e. The number of rotatable bonds is 9. The molecule has 1 aliphatic rings. The van der Waals surface area contributed by atoms with Gasteiger partial charge in [-0.25, -0.2) is 0 Å². The molecule has 1 fully saturated rings. The Balaban J connectivity index is 2.88. The van der Waals surface area contributed by atoms with Crippen LogP contribution in [0.2, 0.25) is 18.1 Å². The lowest BCUT2D eigenvalue weighted by Crippen LogP contribution is -2.49. The largest absolute Gasteiger partial charge is 0.423 e. The minimum atomic E-state index is -1.97. The van der Waals surface area contributed by atoms with E-state index in [1.807, 2.05) is 14.0 Å². The molecule has 25 heavy (non-hydrogen) atoms. The standard InChI is InChI=1S/C17H34N2O4PSi/c1-13-15(23-25(7,8)17(2,3)4)16(14(21-13)12-19-5)22-24(6)20-11-9-10-18/h13-16,19H,6,9,11-12H2,1-5,7-8H3/q+1/t13-,14+,15?,16-/m0/s1. The maximum atomic E-state index is 8.63. The Labute approximate surface area is 154 Å². The number of nitrogens with one attached hydrogen (secondary N) is 1. The highest BCUT2D eigenvalue weighted by atomic mass is 31.1. The highest BCUT2D eigenvalue weighted by Gasteiger charge is 2.51. The van der Waals surface area contributed by atoms with E-state index in [4.69, 9.17) is 23.5 Å². The van der Waals surface area contributed by atoms with Gasteiger partial charge in [-0.15, -0.1) is 4.52 Å². The summed E-state index contributed by atoms with van der Waals surface area (Å²) in [7, 11) is -1.40. The Kier molecular flexibility index (Phi) is 8.69. The summed E-state index contributed by atoms with van der Waals surface area (Å²) in [4.78, 5) is 0. The molecule has 5 atom stereocenters. The number of likely N-dealkylation sites (N-methyl/N-ethyl adjacent to an activating group) is 1. The number of nitriles is 1. The van der Waals surface area contributed by atoms with Crippen LogP contribution in [0, 0.1) is 11.3 Å². The van der Waals surface area contributed by atoms with Crippen LogP contribution in [0.1, 0.15) is 34.1 Å². The second-order valence-corrected chi connectivity index (χ2v) is 13.8. The summed E-state index contributed by atoms with van der Waals surface area (Å²) >= 11 is 0. The van der Waals surface area contributed by atoms with Crippen LogP contribution >= 0.6 is 8.00 Å². The van der Waals surface area contributed by atoms with Gasteiger partial charge in [-0.1, -0.05) is 20.8 Å². The van der Waals surface area contributed by atoms with E-state index in [0.717, 1.165) is 0 Å². The summed E-state index contributed by atoms with van der Waals surface area (Å²) < 4.78 is 24.4. The molecule has 1 aliphatic heterocycles. The maximum Gasteiger partial charge on any atom is 0.423 e. The molecular formula is C17H34N2O4PSi+. The van der Waals surface area contributed by atoms with Crippen molar-refractivity contribution in [3.8, 4) is 6.07 Å². The second-order valence-electron chi connectivity index (χ2n) is 7.92. The molecule has 1 rings (SSSR count). The van der Waals surface area contributed by atoms with Crippen molar-refractivity contribution in [3.05, 3.63) is 0 Å². The highest BCUT2D eigenvalue weighted by molar-refractivity contribution is 7.45. The first-order valence-electron chi connectivity index (χ1n) is 8.78.